The van der Waals surface area contributed by atoms with E-state index in [1.54, 1.807) is 6.07 Å². The zero-order valence-electron chi connectivity index (χ0n) is 12.3. The molecule has 0 saturated carbocycles. The number of nitrogen functional groups attached to an aromatic ring is 1. The fraction of sp³-hybridized carbons (Fsp3) is 0.625. The SMILES string of the molecule is CC1CCCCCN1CC(O)COc1ccccc1N. The van der Waals surface area contributed by atoms with Crippen molar-refractivity contribution in [2.75, 3.05) is 25.4 Å². The minimum atomic E-state index is -0.477. The van der Waals surface area contributed by atoms with Gasteiger partial charge in [-0.2, -0.15) is 0 Å². The van der Waals surface area contributed by atoms with Crippen LogP contribution in [0.4, 0.5) is 5.69 Å². The van der Waals surface area contributed by atoms with E-state index < -0.39 is 6.10 Å². The largest absolute Gasteiger partial charge is 0.489 e. The Kier molecular flexibility index (Phi) is 5.68. The number of nitrogens with two attached hydrogens (primary N) is 1. The first kappa shape index (κ1) is 15.1. The second kappa shape index (κ2) is 7.50. The number of para-hydroxylation sites is 2. The summed E-state index contributed by atoms with van der Waals surface area (Å²) in [6.07, 6.45) is 4.57. The van der Waals surface area contributed by atoms with Crippen molar-refractivity contribution in [3.05, 3.63) is 24.3 Å². The molecule has 1 aromatic carbocycles. The quantitative estimate of drug-likeness (QED) is 0.811. The van der Waals surface area contributed by atoms with E-state index in [-0.39, 0.29) is 6.61 Å². The second-order valence-electron chi connectivity index (χ2n) is 5.70. The smallest absolute Gasteiger partial charge is 0.142 e. The van der Waals surface area contributed by atoms with Crippen LogP contribution in [0.5, 0.6) is 5.75 Å². The molecule has 1 aromatic rings. The first-order valence-corrected chi connectivity index (χ1v) is 7.56. The molecular formula is C16H26N2O2. The third kappa shape index (κ3) is 4.39. The Hall–Kier alpha value is -1.26. The molecule has 0 amide bonds. The third-order valence-corrected chi connectivity index (χ3v) is 3.99. The molecule has 112 valence electrons. The summed E-state index contributed by atoms with van der Waals surface area (Å²) in [7, 11) is 0. The van der Waals surface area contributed by atoms with Crippen LogP contribution in [0.15, 0.2) is 24.3 Å². The van der Waals surface area contributed by atoms with E-state index in [4.69, 9.17) is 10.5 Å². The number of hydrogen-bond acceptors (Lipinski definition) is 4. The van der Waals surface area contributed by atoms with Gasteiger partial charge in [0.05, 0.1) is 5.69 Å². The molecule has 1 aliphatic rings. The summed E-state index contributed by atoms with van der Waals surface area (Å²) < 4.78 is 5.60. The maximum absolute atomic E-state index is 10.2. The van der Waals surface area contributed by atoms with Gasteiger partial charge in [0.25, 0.3) is 0 Å². The van der Waals surface area contributed by atoms with Crippen molar-refractivity contribution in [2.45, 2.75) is 44.8 Å². The lowest BCUT2D eigenvalue weighted by Gasteiger charge is -2.29. The molecule has 0 spiro atoms. The molecule has 3 N–H and O–H groups in total. The number of nitrogens with zero attached hydrogens (tertiary/aromatic N) is 1. The predicted octanol–water partition coefficient (Wildman–Crippen LogP) is 2.27. The van der Waals surface area contributed by atoms with E-state index in [9.17, 15) is 5.11 Å². The van der Waals surface area contributed by atoms with Gasteiger partial charge in [-0.05, 0) is 38.4 Å². The van der Waals surface area contributed by atoms with Gasteiger partial charge in [-0.3, -0.25) is 4.90 Å². The van der Waals surface area contributed by atoms with Gasteiger partial charge in [0.15, 0.2) is 0 Å². The highest BCUT2D eigenvalue weighted by atomic mass is 16.5. The van der Waals surface area contributed by atoms with E-state index >= 15 is 0 Å². The average molecular weight is 278 g/mol. The van der Waals surface area contributed by atoms with Crippen LogP contribution in [0, 0.1) is 0 Å². The van der Waals surface area contributed by atoms with Gasteiger partial charge in [-0.1, -0.05) is 25.0 Å². The molecule has 2 atom stereocenters. The predicted molar refractivity (Wildman–Crippen MR) is 81.9 cm³/mol. The molecule has 1 heterocycles. The van der Waals surface area contributed by atoms with Crippen molar-refractivity contribution in [3.63, 3.8) is 0 Å². The van der Waals surface area contributed by atoms with Crippen LogP contribution < -0.4 is 10.5 Å². The van der Waals surface area contributed by atoms with Gasteiger partial charge in [0, 0.05) is 12.6 Å². The number of hydrogen-bond donors (Lipinski definition) is 2. The Morgan fingerprint density at radius 1 is 1.35 bits per heavy atom. The van der Waals surface area contributed by atoms with Gasteiger partial charge in [-0.15, -0.1) is 0 Å². The number of ether oxygens (including phenoxy) is 1. The molecule has 0 aliphatic carbocycles. The van der Waals surface area contributed by atoms with Crippen LogP contribution in [0.2, 0.25) is 0 Å². The topological polar surface area (TPSA) is 58.7 Å². The van der Waals surface area contributed by atoms with Crippen LogP contribution >= 0.6 is 0 Å². The molecule has 4 nitrogen and oxygen atoms in total. The van der Waals surface area contributed by atoms with Crippen molar-refractivity contribution in [1.82, 2.24) is 4.90 Å². The van der Waals surface area contributed by atoms with Gasteiger partial charge in [0.1, 0.15) is 18.5 Å². The monoisotopic (exact) mass is 278 g/mol. The molecule has 0 radical (unpaired) electrons. The lowest BCUT2D eigenvalue weighted by molar-refractivity contribution is 0.0562. The molecule has 2 rings (SSSR count). The fourth-order valence-corrected chi connectivity index (χ4v) is 2.73. The molecule has 0 aromatic heterocycles. The molecule has 1 fully saturated rings. The third-order valence-electron chi connectivity index (χ3n) is 3.99. The maximum Gasteiger partial charge on any atom is 0.142 e. The Morgan fingerprint density at radius 2 is 2.15 bits per heavy atom. The Balaban J connectivity index is 1.80. The molecule has 20 heavy (non-hydrogen) atoms. The number of β-amino-alcohol motifs (C(OH)–C–C–N with tert-alkyl or cyclic N) is 1. The number of likely N-dealkylation sites (tertiary alicyclic amines) is 1. The van der Waals surface area contributed by atoms with Crippen LogP contribution in [0.25, 0.3) is 0 Å². The minimum Gasteiger partial charge on any atom is -0.489 e. The van der Waals surface area contributed by atoms with Crippen molar-refractivity contribution in [3.8, 4) is 5.75 Å². The fourth-order valence-electron chi connectivity index (χ4n) is 2.73. The van der Waals surface area contributed by atoms with Gasteiger partial charge >= 0.3 is 0 Å². The normalized spacial score (nSPS) is 22.2. The number of benzene rings is 1. The molecule has 0 bridgehead atoms. The summed E-state index contributed by atoms with van der Waals surface area (Å²) in [6, 6.07) is 7.94. The van der Waals surface area contributed by atoms with Crippen LogP contribution in [0.3, 0.4) is 0 Å². The van der Waals surface area contributed by atoms with Crippen LogP contribution in [-0.2, 0) is 0 Å². The summed E-state index contributed by atoms with van der Waals surface area (Å²) in [5.74, 6) is 0.649. The standard InChI is InChI=1S/C16H26N2O2/c1-13-7-3-2-6-10-18(13)11-14(19)12-20-16-9-5-4-8-15(16)17/h4-5,8-9,13-14,19H,2-3,6-7,10-12,17H2,1H3. The lowest BCUT2D eigenvalue weighted by atomic mass is 10.1. The molecule has 2 unspecified atom stereocenters. The maximum atomic E-state index is 10.2. The zero-order chi connectivity index (χ0) is 14.4. The Morgan fingerprint density at radius 3 is 2.95 bits per heavy atom. The highest BCUT2D eigenvalue weighted by Crippen LogP contribution is 2.20. The molecule has 1 saturated heterocycles. The van der Waals surface area contributed by atoms with Gasteiger partial charge < -0.3 is 15.6 Å². The van der Waals surface area contributed by atoms with Crippen molar-refractivity contribution in [1.29, 1.82) is 0 Å². The van der Waals surface area contributed by atoms with Crippen LogP contribution in [-0.4, -0.2) is 41.8 Å². The van der Waals surface area contributed by atoms with E-state index in [1.807, 2.05) is 18.2 Å². The van der Waals surface area contributed by atoms with Crippen LogP contribution in [0.1, 0.15) is 32.6 Å². The minimum absolute atomic E-state index is 0.289. The lowest BCUT2D eigenvalue weighted by Crippen LogP contribution is -2.40. The summed E-state index contributed by atoms with van der Waals surface area (Å²) in [5.41, 5.74) is 6.43. The van der Waals surface area contributed by atoms with Crippen molar-refractivity contribution < 1.29 is 9.84 Å². The van der Waals surface area contributed by atoms with Gasteiger partial charge in [0.2, 0.25) is 0 Å². The molecule has 4 heteroatoms. The van der Waals surface area contributed by atoms with E-state index in [1.165, 1.54) is 25.7 Å². The Labute approximate surface area is 121 Å². The number of aliphatic hydroxyl groups is 1. The Bertz CT molecular complexity index is 411. The first-order chi connectivity index (χ1) is 9.66. The summed E-state index contributed by atoms with van der Waals surface area (Å²) in [6.45, 7) is 4.28. The summed E-state index contributed by atoms with van der Waals surface area (Å²) in [5, 5.41) is 10.2. The van der Waals surface area contributed by atoms with Crippen molar-refractivity contribution in [2.24, 2.45) is 0 Å². The number of aliphatic hydroxyl groups excluding tert-OH is 1. The van der Waals surface area contributed by atoms with E-state index in [0.717, 1.165) is 6.54 Å². The van der Waals surface area contributed by atoms with Crippen molar-refractivity contribution >= 4 is 5.69 Å². The molecular weight excluding hydrogens is 252 g/mol. The highest BCUT2D eigenvalue weighted by molar-refractivity contribution is 5.51. The van der Waals surface area contributed by atoms with E-state index in [2.05, 4.69) is 11.8 Å². The van der Waals surface area contributed by atoms with Gasteiger partial charge in [-0.25, -0.2) is 0 Å². The number of rotatable bonds is 5. The average Bonchev–Trinajstić information content (AvgIpc) is 2.63. The zero-order valence-corrected chi connectivity index (χ0v) is 12.3. The first-order valence-electron chi connectivity index (χ1n) is 7.56. The summed E-state index contributed by atoms with van der Waals surface area (Å²) in [4.78, 5) is 2.37. The number of anilines is 1. The molecule has 1 aliphatic heterocycles. The highest BCUT2D eigenvalue weighted by Gasteiger charge is 2.20. The summed E-state index contributed by atoms with van der Waals surface area (Å²) >= 11 is 0. The van der Waals surface area contributed by atoms with E-state index in [0.29, 0.717) is 24.0 Å². The second-order valence-corrected chi connectivity index (χ2v) is 5.70.